The van der Waals surface area contributed by atoms with Crippen molar-refractivity contribution in [1.29, 1.82) is 0 Å². The lowest BCUT2D eigenvalue weighted by molar-refractivity contribution is -0.136. The van der Waals surface area contributed by atoms with E-state index in [9.17, 15) is 9.59 Å². The van der Waals surface area contributed by atoms with E-state index in [1.165, 1.54) is 0 Å². The molecule has 0 heterocycles. The molecule has 3 N–H and O–H groups in total. The summed E-state index contributed by atoms with van der Waals surface area (Å²) in [6, 6.07) is 5.25. The SMILES string of the molecule is CCC(CCO)NC(=O)C(=O)Nc1cc(Br)ccc1C. The summed E-state index contributed by atoms with van der Waals surface area (Å²) in [5.41, 5.74) is 1.46. The first-order valence-corrected chi connectivity index (χ1v) is 7.26. The summed E-state index contributed by atoms with van der Waals surface area (Å²) in [6.45, 7) is 3.71. The van der Waals surface area contributed by atoms with Crippen molar-refractivity contribution in [1.82, 2.24) is 5.32 Å². The van der Waals surface area contributed by atoms with Crippen molar-refractivity contribution in [2.45, 2.75) is 32.7 Å². The van der Waals surface area contributed by atoms with E-state index in [1.54, 1.807) is 6.07 Å². The van der Waals surface area contributed by atoms with Gasteiger partial charge in [0, 0.05) is 22.8 Å². The molecule has 5 nitrogen and oxygen atoms in total. The highest BCUT2D eigenvalue weighted by atomic mass is 79.9. The van der Waals surface area contributed by atoms with E-state index < -0.39 is 11.8 Å². The summed E-state index contributed by atoms with van der Waals surface area (Å²) in [7, 11) is 0. The molecular formula is C14H19BrN2O3. The number of halogens is 1. The summed E-state index contributed by atoms with van der Waals surface area (Å²) in [5.74, 6) is -1.40. The fourth-order valence-electron chi connectivity index (χ4n) is 1.69. The van der Waals surface area contributed by atoms with Crippen LogP contribution in [0.3, 0.4) is 0 Å². The van der Waals surface area contributed by atoms with Gasteiger partial charge in [0.25, 0.3) is 0 Å². The lowest BCUT2D eigenvalue weighted by Crippen LogP contribution is -2.42. The number of aliphatic hydroxyl groups excluding tert-OH is 1. The van der Waals surface area contributed by atoms with Crippen LogP contribution in [0.2, 0.25) is 0 Å². The highest BCUT2D eigenvalue weighted by molar-refractivity contribution is 9.10. The number of amides is 2. The maximum absolute atomic E-state index is 11.8. The third-order valence-electron chi connectivity index (χ3n) is 2.96. The Morgan fingerprint density at radius 2 is 2.05 bits per heavy atom. The number of carbonyl (C=O) groups is 2. The van der Waals surface area contributed by atoms with Crippen molar-refractivity contribution in [2.75, 3.05) is 11.9 Å². The molecule has 0 bridgehead atoms. The summed E-state index contributed by atoms with van der Waals surface area (Å²) < 4.78 is 0.825. The Balaban J connectivity index is 2.66. The van der Waals surface area contributed by atoms with Gasteiger partial charge < -0.3 is 15.7 Å². The predicted molar refractivity (Wildman–Crippen MR) is 81.4 cm³/mol. The third kappa shape index (κ3) is 4.94. The van der Waals surface area contributed by atoms with Gasteiger partial charge in [-0.25, -0.2) is 0 Å². The van der Waals surface area contributed by atoms with E-state index in [4.69, 9.17) is 5.11 Å². The number of aliphatic hydroxyl groups is 1. The Kier molecular flexibility index (Phi) is 6.67. The van der Waals surface area contributed by atoms with E-state index in [2.05, 4.69) is 26.6 Å². The number of hydrogen-bond acceptors (Lipinski definition) is 3. The minimum absolute atomic E-state index is 0.0227. The molecule has 0 fully saturated rings. The van der Waals surface area contributed by atoms with E-state index in [-0.39, 0.29) is 12.6 Å². The average molecular weight is 343 g/mol. The van der Waals surface area contributed by atoms with Crippen molar-refractivity contribution >= 4 is 33.4 Å². The number of nitrogens with one attached hydrogen (secondary N) is 2. The van der Waals surface area contributed by atoms with Gasteiger partial charge in [-0.15, -0.1) is 0 Å². The second-order valence-corrected chi connectivity index (χ2v) is 5.42. The number of hydrogen-bond donors (Lipinski definition) is 3. The molecular weight excluding hydrogens is 324 g/mol. The molecule has 0 radical (unpaired) electrons. The summed E-state index contributed by atoms with van der Waals surface area (Å²) in [6.07, 6.45) is 1.10. The molecule has 20 heavy (non-hydrogen) atoms. The summed E-state index contributed by atoms with van der Waals surface area (Å²) in [5, 5.41) is 14.0. The molecule has 6 heteroatoms. The first-order chi connectivity index (χ1) is 9.47. The van der Waals surface area contributed by atoms with Crippen LogP contribution in [0.15, 0.2) is 22.7 Å². The molecule has 1 rings (SSSR count). The van der Waals surface area contributed by atoms with Crippen LogP contribution in [0.5, 0.6) is 0 Å². The Bertz CT molecular complexity index is 491. The molecule has 1 atom stereocenters. The zero-order valence-corrected chi connectivity index (χ0v) is 13.2. The minimum atomic E-state index is -0.706. The molecule has 0 saturated heterocycles. The Morgan fingerprint density at radius 3 is 2.65 bits per heavy atom. The van der Waals surface area contributed by atoms with Gasteiger partial charge in [0.05, 0.1) is 0 Å². The smallest absolute Gasteiger partial charge is 0.313 e. The summed E-state index contributed by atoms with van der Waals surface area (Å²) >= 11 is 3.32. The monoisotopic (exact) mass is 342 g/mol. The molecule has 0 aromatic heterocycles. The van der Waals surface area contributed by atoms with Gasteiger partial charge in [-0.1, -0.05) is 28.9 Å². The van der Waals surface area contributed by atoms with Gasteiger partial charge in [-0.3, -0.25) is 9.59 Å². The zero-order chi connectivity index (χ0) is 15.1. The van der Waals surface area contributed by atoms with Crippen LogP contribution in [0.25, 0.3) is 0 Å². The Labute approximate surface area is 126 Å². The van der Waals surface area contributed by atoms with Gasteiger partial charge in [-0.2, -0.15) is 0 Å². The number of carbonyl (C=O) groups excluding carboxylic acids is 2. The second-order valence-electron chi connectivity index (χ2n) is 4.50. The Morgan fingerprint density at radius 1 is 1.35 bits per heavy atom. The van der Waals surface area contributed by atoms with Gasteiger partial charge in [-0.05, 0) is 37.5 Å². The maximum atomic E-state index is 11.8. The zero-order valence-electron chi connectivity index (χ0n) is 11.6. The van der Waals surface area contributed by atoms with Gasteiger partial charge in [0.15, 0.2) is 0 Å². The van der Waals surface area contributed by atoms with Crippen LogP contribution >= 0.6 is 15.9 Å². The van der Waals surface area contributed by atoms with Gasteiger partial charge in [0.2, 0.25) is 0 Å². The van der Waals surface area contributed by atoms with Crippen LogP contribution in [-0.2, 0) is 9.59 Å². The van der Waals surface area contributed by atoms with Crippen LogP contribution in [0.4, 0.5) is 5.69 Å². The second kappa shape index (κ2) is 8.01. The largest absolute Gasteiger partial charge is 0.396 e. The van der Waals surface area contributed by atoms with Crippen molar-refractivity contribution in [3.8, 4) is 0 Å². The fourth-order valence-corrected chi connectivity index (χ4v) is 2.05. The van der Waals surface area contributed by atoms with Crippen LogP contribution in [0, 0.1) is 6.92 Å². The normalized spacial score (nSPS) is 11.8. The minimum Gasteiger partial charge on any atom is -0.396 e. The van der Waals surface area contributed by atoms with E-state index in [1.807, 2.05) is 26.0 Å². The number of rotatable bonds is 5. The summed E-state index contributed by atoms with van der Waals surface area (Å²) in [4.78, 5) is 23.6. The molecule has 0 aliphatic carbocycles. The number of aryl methyl sites for hydroxylation is 1. The van der Waals surface area contributed by atoms with E-state index >= 15 is 0 Å². The van der Waals surface area contributed by atoms with Crippen molar-refractivity contribution in [3.63, 3.8) is 0 Å². The lowest BCUT2D eigenvalue weighted by atomic mass is 10.1. The molecule has 1 unspecified atom stereocenters. The average Bonchev–Trinajstić information content (AvgIpc) is 2.42. The molecule has 0 aliphatic heterocycles. The molecule has 110 valence electrons. The van der Waals surface area contributed by atoms with Gasteiger partial charge >= 0.3 is 11.8 Å². The van der Waals surface area contributed by atoms with E-state index in [0.29, 0.717) is 18.5 Å². The highest BCUT2D eigenvalue weighted by Gasteiger charge is 2.18. The van der Waals surface area contributed by atoms with Crippen LogP contribution < -0.4 is 10.6 Å². The van der Waals surface area contributed by atoms with Gasteiger partial charge in [0.1, 0.15) is 0 Å². The molecule has 1 aromatic carbocycles. The van der Waals surface area contributed by atoms with E-state index in [0.717, 1.165) is 10.0 Å². The molecule has 0 spiro atoms. The fraction of sp³-hybridized carbons (Fsp3) is 0.429. The molecule has 2 amide bonds. The first-order valence-electron chi connectivity index (χ1n) is 6.46. The molecule has 0 saturated carbocycles. The number of anilines is 1. The highest BCUT2D eigenvalue weighted by Crippen LogP contribution is 2.20. The maximum Gasteiger partial charge on any atom is 0.313 e. The molecule has 1 aromatic rings. The first kappa shape index (κ1) is 16.7. The van der Waals surface area contributed by atoms with Crippen molar-refractivity contribution in [2.24, 2.45) is 0 Å². The predicted octanol–water partition coefficient (Wildman–Crippen LogP) is 1.97. The number of benzene rings is 1. The van der Waals surface area contributed by atoms with Crippen LogP contribution in [-0.4, -0.2) is 29.6 Å². The lowest BCUT2D eigenvalue weighted by Gasteiger charge is -2.15. The van der Waals surface area contributed by atoms with Crippen LogP contribution in [0.1, 0.15) is 25.3 Å². The van der Waals surface area contributed by atoms with Crippen molar-refractivity contribution in [3.05, 3.63) is 28.2 Å². The van der Waals surface area contributed by atoms with Crippen molar-refractivity contribution < 1.29 is 14.7 Å². The topological polar surface area (TPSA) is 78.4 Å². The quantitative estimate of drug-likeness (QED) is 0.716. The third-order valence-corrected chi connectivity index (χ3v) is 3.45. The standard InChI is InChI=1S/C14H19BrN2O3/c1-3-11(6-7-18)16-13(19)14(20)17-12-8-10(15)5-4-9(12)2/h4-5,8,11,18H,3,6-7H2,1-2H3,(H,16,19)(H,17,20). The Hall–Kier alpha value is -1.40. The molecule has 0 aliphatic rings.